The molecule has 0 unspecified atom stereocenters. The molecule has 0 saturated heterocycles. The van der Waals surface area contributed by atoms with Crippen molar-refractivity contribution in [3.05, 3.63) is 76.1 Å². The Bertz CT molecular complexity index is 1180. The van der Waals surface area contributed by atoms with E-state index >= 15 is 0 Å². The highest BCUT2D eigenvalue weighted by atomic mass is 32.2. The van der Waals surface area contributed by atoms with Crippen LogP contribution in [0.5, 0.6) is 0 Å². The topological polar surface area (TPSA) is 72.5 Å². The first-order valence-corrected chi connectivity index (χ1v) is 9.40. The Morgan fingerprint density at radius 1 is 1.04 bits per heavy atom. The highest BCUT2D eigenvalue weighted by molar-refractivity contribution is 7.97. The van der Waals surface area contributed by atoms with Gasteiger partial charge in [0.15, 0.2) is 5.76 Å². The Morgan fingerprint density at radius 3 is 2.73 bits per heavy atom. The lowest BCUT2D eigenvalue weighted by Crippen LogP contribution is -2.11. The maximum Gasteiger partial charge on any atom is 0.302 e. The van der Waals surface area contributed by atoms with E-state index in [1.165, 1.54) is 6.07 Å². The number of nitrogens with one attached hydrogen (secondary N) is 1. The third-order valence-corrected chi connectivity index (χ3v) is 4.62. The zero-order valence-corrected chi connectivity index (χ0v) is 14.8. The van der Waals surface area contributed by atoms with Crippen LogP contribution in [0.4, 0.5) is 5.69 Å². The van der Waals surface area contributed by atoms with E-state index in [-0.39, 0.29) is 22.4 Å². The second kappa shape index (κ2) is 6.72. The van der Waals surface area contributed by atoms with E-state index in [9.17, 15) is 9.59 Å². The Kier molecular flexibility index (Phi) is 4.26. The number of amides is 1. The molecule has 0 bridgehead atoms. The number of anilines is 1. The van der Waals surface area contributed by atoms with Gasteiger partial charge in [0.05, 0.1) is 5.39 Å². The van der Waals surface area contributed by atoms with Crippen molar-refractivity contribution in [2.45, 2.75) is 5.75 Å². The molecule has 0 fully saturated rings. The molecule has 0 radical (unpaired) electrons. The number of hydrogen-bond donors (Lipinski definition) is 1. The van der Waals surface area contributed by atoms with Crippen molar-refractivity contribution in [3.8, 4) is 0 Å². The van der Waals surface area contributed by atoms with Crippen LogP contribution in [0.3, 0.4) is 0 Å². The molecular formula is C20H15NO4S. The molecule has 1 amide bonds. The number of carbonyl (C=O) groups excluding carboxylic acids is 1. The normalized spacial score (nSPS) is 11.1. The van der Waals surface area contributed by atoms with E-state index < -0.39 is 5.91 Å². The number of carbonyl (C=O) groups is 1. The van der Waals surface area contributed by atoms with Gasteiger partial charge in [0.1, 0.15) is 11.0 Å². The molecule has 130 valence electrons. The van der Waals surface area contributed by atoms with Gasteiger partial charge < -0.3 is 14.2 Å². The van der Waals surface area contributed by atoms with Crippen molar-refractivity contribution >= 4 is 45.5 Å². The second-order valence-corrected chi connectivity index (χ2v) is 6.69. The summed E-state index contributed by atoms with van der Waals surface area (Å²) in [6.45, 7) is 0. The molecular weight excluding hydrogens is 350 g/mol. The molecule has 5 nitrogen and oxygen atoms in total. The molecule has 6 heteroatoms. The molecule has 0 aliphatic rings. The van der Waals surface area contributed by atoms with Gasteiger partial charge >= 0.3 is 5.78 Å². The average molecular weight is 365 g/mol. The van der Waals surface area contributed by atoms with Crippen molar-refractivity contribution in [2.75, 3.05) is 11.6 Å². The molecule has 2 aromatic heterocycles. The summed E-state index contributed by atoms with van der Waals surface area (Å²) in [5.74, 6) is 0.516. The fraction of sp³-hybridized carbons (Fsp3) is 0.100. The molecule has 2 aromatic carbocycles. The molecule has 0 aliphatic carbocycles. The number of hydrogen-bond acceptors (Lipinski definition) is 5. The minimum Gasteiger partial charge on any atom is -0.425 e. The van der Waals surface area contributed by atoms with E-state index in [0.29, 0.717) is 16.7 Å². The van der Waals surface area contributed by atoms with Crippen LogP contribution < -0.4 is 10.7 Å². The van der Waals surface area contributed by atoms with Crippen LogP contribution in [0.1, 0.15) is 16.1 Å². The monoisotopic (exact) mass is 365 g/mol. The molecule has 4 rings (SSSR count). The number of benzene rings is 2. The number of fused-ring (bicyclic) bond motifs is 2. The third-order valence-electron chi connectivity index (χ3n) is 4.00. The predicted octanol–water partition coefficient (Wildman–Crippen LogP) is 4.65. The van der Waals surface area contributed by atoms with Gasteiger partial charge in [-0.2, -0.15) is 11.8 Å². The van der Waals surface area contributed by atoms with Crippen molar-refractivity contribution in [1.82, 2.24) is 0 Å². The van der Waals surface area contributed by atoms with Gasteiger partial charge in [0.25, 0.3) is 5.91 Å². The SMILES string of the molecule is CSCc1cccc(NC(=O)c2cc3c(=O)c4ccccc4oc3o2)c1. The summed E-state index contributed by atoms with van der Waals surface area (Å²) < 4.78 is 11.1. The molecule has 2 heterocycles. The van der Waals surface area contributed by atoms with Crippen LogP contribution in [0, 0.1) is 0 Å². The molecule has 0 atom stereocenters. The zero-order valence-electron chi connectivity index (χ0n) is 13.9. The maximum absolute atomic E-state index is 12.5. The fourth-order valence-electron chi connectivity index (χ4n) is 2.81. The Morgan fingerprint density at radius 2 is 1.88 bits per heavy atom. The van der Waals surface area contributed by atoms with Crippen LogP contribution in [0.2, 0.25) is 0 Å². The number of rotatable bonds is 4. The summed E-state index contributed by atoms with van der Waals surface area (Å²) in [5, 5.41) is 3.50. The van der Waals surface area contributed by atoms with Gasteiger partial charge in [-0.3, -0.25) is 9.59 Å². The summed E-state index contributed by atoms with van der Waals surface area (Å²) in [6.07, 6.45) is 2.02. The molecule has 1 N–H and O–H groups in total. The summed E-state index contributed by atoms with van der Waals surface area (Å²) in [4.78, 5) is 25.0. The average Bonchev–Trinajstić information content (AvgIpc) is 3.07. The van der Waals surface area contributed by atoms with Crippen LogP contribution in [-0.4, -0.2) is 12.2 Å². The highest BCUT2D eigenvalue weighted by Crippen LogP contribution is 2.23. The van der Waals surface area contributed by atoms with Crippen LogP contribution in [-0.2, 0) is 5.75 Å². The Balaban J connectivity index is 1.69. The largest absolute Gasteiger partial charge is 0.425 e. The Hall–Kier alpha value is -2.99. The first-order chi connectivity index (χ1) is 12.7. The zero-order chi connectivity index (χ0) is 18.1. The second-order valence-electron chi connectivity index (χ2n) is 5.83. The molecule has 0 aliphatic heterocycles. The summed E-state index contributed by atoms with van der Waals surface area (Å²) in [5.41, 5.74) is 2.00. The number of para-hydroxylation sites is 1. The van der Waals surface area contributed by atoms with Gasteiger partial charge in [-0.1, -0.05) is 24.3 Å². The van der Waals surface area contributed by atoms with Gasteiger partial charge in [0.2, 0.25) is 5.43 Å². The van der Waals surface area contributed by atoms with Gasteiger partial charge in [-0.05, 0) is 36.1 Å². The van der Waals surface area contributed by atoms with Crippen molar-refractivity contribution in [1.29, 1.82) is 0 Å². The van der Waals surface area contributed by atoms with E-state index in [2.05, 4.69) is 5.32 Å². The maximum atomic E-state index is 12.5. The smallest absolute Gasteiger partial charge is 0.302 e. The summed E-state index contributed by atoms with van der Waals surface area (Å²) >= 11 is 1.71. The first-order valence-electron chi connectivity index (χ1n) is 8.00. The third kappa shape index (κ3) is 2.99. The predicted molar refractivity (Wildman–Crippen MR) is 104 cm³/mol. The minimum atomic E-state index is -0.429. The van der Waals surface area contributed by atoms with Crippen LogP contribution >= 0.6 is 11.8 Å². The molecule has 0 spiro atoms. The lowest BCUT2D eigenvalue weighted by Gasteiger charge is -2.05. The highest BCUT2D eigenvalue weighted by Gasteiger charge is 2.17. The van der Waals surface area contributed by atoms with Crippen molar-refractivity contribution < 1.29 is 13.6 Å². The molecule has 26 heavy (non-hydrogen) atoms. The van der Waals surface area contributed by atoms with Crippen molar-refractivity contribution in [2.24, 2.45) is 0 Å². The Labute approximate surface area is 153 Å². The minimum absolute atomic E-state index is 0.0337. The lowest BCUT2D eigenvalue weighted by atomic mass is 10.2. The van der Waals surface area contributed by atoms with Gasteiger partial charge in [-0.15, -0.1) is 0 Å². The number of thioether (sulfide) groups is 1. The lowest BCUT2D eigenvalue weighted by molar-refractivity contribution is 0.0997. The van der Waals surface area contributed by atoms with E-state index in [1.54, 1.807) is 36.0 Å². The summed E-state index contributed by atoms with van der Waals surface area (Å²) in [7, 11) is 0. The fourth-order valence-corrected chi connectivity index (χ4v) is 3.32. The first kappa shape index (κ1) is 16.5. The van der Waals surface area contributed by atoms with E-state index in [1.807, 2.05) is 30.5 Å². The van der Waals surface area contributed by atoms with Crippen molar-refractivity contribution in [3.63, 3.8) is 0 Å². The van der Waals surface area contributed by atoms with Gasteiger partial charge in [-0.25, -0.2) is 0 Å². The molecule has 0 saturated carbocycles. The molecule has 4 aromatic rings. The van der Waals surface area contributed by atoms with E-state index in [4.69, 9.17) is 8.83 Å². The summed E-state index contributed by atoms with van der Waals surface area (Å²) in [6, 6.07) is 15.9. The van der Waals surface area contributed by atoms with Gasteiger partial charge in [0, 0.05) is 17.5 Å². The standard InChI is InChI=1S/C20H15NO4S/c1-26-11-12-5-4-6-13(9-12)21-19(23)17-10-15-18(22)14-7-2-3-8-16(14)24-20(15)25-17/h2-10H,11H2,1H3,(H,21,23). The van der Waals surface area contributed by atoms with Crippen LogP contribution in [0.15, 0.2) is 68.2 Å². The van der Waals surface area contributed by atoms with Crippen LogP contribution in [0.25, 0.3) is 22.1 Å². The van der Waals surface area contributed by atoms with E-state index in [0.717, 1.165) is 11.3 Å². The number of furan rings is 1. The quantitative estimate of drug-likeness (QED) is 0.570.